The van der Waals surface area contributed by atoms with Crippen molar-refractivity contribution < 1.29 is 4.74 Å². The molecular weight excluding hydrogens is 233 g/mol. The Balaban J connectivity index is 2.90. The second-order valence-corrected chi connectivity index (χ2v) is 4.60. The van der Waals surface area contributed by atoms with Crippen molar-refractivity contribution in [3.05, 3.63) is 19.7 Å². The third-order valence-electron chi connectivity index (χ3n) is 1.60. The first-order valence-electron chi connectivity index (χ1n) is 3.64. The van der Waals surface area contributed by atoms with E-state index in [2.05, 4.69) is 0 Å². The van der Waals surface area contributed by atoms with E-state index in [0.29, 0.717) is 10.9 Å². The predicted molar refractivity (Wildman–Crippen MR) is 55.1 cm³/mol. The Labute approximate surface area is 90.0 Å². The maximum absolute atomic E-state index is 11.3. The molecule has 0 saturated heterocycles. The van der Waals surface area contributed by atoms with E-state index < -0.39 is 0 Å². The van der Waals surface area contributed by atoms with Crippen LogP contribution in [0.15, 0.2) is 4.79 Å². The smallest absolute Gasteiger partial charge is 0.281 e. The number of hydrogen-bond acceptors (Lipinski definition) is 3. The molecule has 1 heterocycles. The standard InChI is InChI=1S/C7H9Cl2NO2S/c1-4(12-2)3-10-7(11)5(8)6(9)13-10/h4H,3H2,1-2H3. The fourth-order valence-corrected chi connectivity index (χ4v) is 2.21. The van der Waals surface area contributed by atoms with Gasteiger partial charge in [-0.1, -0.05) is 23.2 Å². The van der Waals surface area contributed by atoms with E-state index in [1.807, 2.05) is 6.92 Å². The summed E-state index contributed by atoms with van der Waals surface area (Å²) >= 11 is 12.5. The van der Waals surface area contributed by atoms with Gasteiger partial charge in [-0.2, -0.15) is 0 Å². The van der Waals surface area contributed by atoms with Crippen molar-refractivity contribution in [2.75, 3.05) is 7.11 Å². The van der Waals surface area contributed by atoms with Crippen LogP contribution in [0.5, 0.6) is 0 Å². The fourth-order valence-electron chi connectivity index (χ4n) is 0.800. The normalized spacial score (nSPS) is 13.2. The average Bonchev–Trinajstić information content (AvgIpc) is 2.34. The SMILES string of the molecule is COC(C)Cn1sc(Cl)c(Cl)c1=O. The summed E-state index contributed by atoms with van der Waals surface area (Å²) < 4.78 is 6.83. The number of ether oxygens (including phenoxy) is 1. The van der Waals surface area contributed by atoms with E-state index in [0.717, 1.165) is 11.5 Å². The monoisotopic (exact) mass is 241 g/mol. The third-order valence-corrected chi connectivity index (χ3v) is 3.46. The van der Waals surface area contributed by atoms with E-state index in [1.165, 1.54) is 3.96 Å². The van der Waals surface area contributed by atoms with Gasteiger partial charge in [0.15, 0.2) is 0 Å². The molecule has 1 rings (SSSR count). The number of methoxy groups -OCH3 is 1. The molecule has 0 aromatic carbocycles. The van der Waals surface area contributed by atoms with Gasteiger partial charge in [0, 0.05) is 7.11 Å². The lowest BCUT2D eigenvalue weighted by Crippen LogP contribution is -2.21. The van der Waals surface area contributed by atoms with Crippen molar-refractivity contribution >= 4 is 34.7 Å². The van der Waals surface area contributed by atoms with Crippen LogP contribution in [0.25, 0.3) is 0 Å². The highest BCUT2D eigenvalue weighted by atomic mass is 35.5. The van der Waals surface area contributed by atoms with Crippen molar-refractivity contribution in [2.24, 2.45) is 0 Å². The van der Waals surface area contributed by atoms with Crippen LogP contribution in [0, 0.1) is 0 Å². The summed E-state index contributed by atoms with van der Waals surface area (Å²) in [5, 5.41) is 0.0926. The molecule has 3 nitrogen and oxygen atoms in total. The van der Waals surface area contributed by atoms with Crippen LogP contribution in [0.4, 0.5) is 0 Å². The zero-order valence-corrected chi connectivity index (χ0v) is 9.54. The maximum atomic E-state index is 11.3. The van der Waals surface area contributed by atoms with Gasteiger partial charge in [-0.05, 0) is 18.5 Å². The number of rotatable bonds is 3. The van der Waals surface area contributed by atoms with Gasteiger partial charge in [0.2, 0.25) is 0 Å². The summed E-state index contributed by atoms with van der Waals surface area (Å²) in [6.07, 6.45) is -0.0246. The summed E-state index contributed by atoms with van der Waals surface area (Å²) in [4.78, 5) is 11.3. The van der Waals surface area contributed by atoms with Gasteiger partial charge >= 0.3 is 0 Å². The minimum Gasteiger partial charge on any atom is -0.380 e. The Morgan fingerprint density at radius 2 is 2.23 bits per heavy atom. The molecular formula is C7H9Cl2NO2S. The van der Waals surface area contributed by atoms with Crippen molar-refractivity contribution in [2.45, 2.75) is 19.6 Å². The van der Waals surface area contributed by atoms with Gasteiger partial charge < -0.3 is 4.74 Å². The molecule has 0 spiro atoms. The molecule has 0 N–H and O–H groups in total. The molecule has 13 heavy (non-hydrogen) atoms. The highest BCUT2D eigenvalue weighted by Crippen LogP contribution is 2.23. The minimum absolute atomic E-state index is 0.0246. The lowest BCUT2D eigenvalue weighted by Gasteiger charge is -2.07. The molecule has 0 aliphatic heterocycles. The molecule has 0 aliphatic rings. The first kappa shape index (κ1) is 11.0. The maximum Gasteiger partial charge on any atom is 0.281 e. The Morgan fingerprint density at radius 3 is 2.62 bits per heavy atom. The molecule has 1 unspecified atom stereocenters. The Kier molecular flexibility index (Phi) is 3.79. The zero-order valence-electron chi connectivity index (χ0n) is 7.21. The van der Waals surface area contributed by atoms with Crippen molar-refractivity contribution in [3.63, 3.8) is 0 Å². The lowest BCUT2D eigenvalue weighted by atomic mass is 10.4. The van der Waals surface area contributed by atoms with E-state index >= 15 is 0 Å². The van der Waals surface area contributed by atoms with Gasteiger partial charge in [-0.3, -0.25) is 8.75 Å². The predicted octanol–water partition coefficient (Wildman–Crippen LogP) is 2.25. The highest BCUT2D eigenvalue weighted by molar-refractivity contribution is 7.11. The van der Waals surface area contributed by atoms with Crippen LogP contribution in [0.2, 0.25) is 9.36 Å². The molecule has 1 aromatic heterocycles. The van der Waals surface area contributed by atoms with E-state index in [4.69, 9.17) is 27.9 Å². The zero-order chi connectivity index (χ0) is 10.0. The highest BCUT2D eigenvalue weighted by Gasteiger charge is 2.12. The fraction of sp³-hybridized carbons (Fsp3) is 0.571. The molecule has 74 valence electrons. The lowest BCUT2D eigenvalue weighted by molar-refractivity contribution is 0.105. The van der Waals surface area contributed by atoms with Crippen LogP contribution in [0.1, 0.15) is 6.92 Å². The second kappa shape index (κ2) is 4.46. The Hall–Kier alpha value is -0.0300. The van der Waals surface area contributed by atoms with Gasteiger partial charge in [0.05, 0.1) is 12.6 Å². The number of nitrogens with zero attached hydrogens (tertiary/aromatic N) is 1. The van der Waals surface area contributed by atoms with Gasteiger partial charge in [-0.15, -0.1) is 0 Å². The van der Waals surface area contributed by atoms with Crippen LogP contribution in [-0.2, 0) is 11.3 Å². The quantitative estimate of drug-likeness (QED) is 0.813. The van der Waals surface area contributed by atoms with E-state index in [-0.39, 0.29) is 16.7 Å². The molecule has 6 heteroatoms. The first-order chi connectivity index (χ1) is 6.06. The Bertz CT molecular complexity index is 347. The van der Waals surface area contributed by atoms with Crippen LogP contribution in [-0.4, -0.2) is 17.2 Å². The number of aromatic nitrogens is 1. The number of hydrogen-bond donors (Lipinski definition) is 0. The van der Waals surface area contributed by atoms with E-state index in [9.17, 15) is 4.79 Å². The Morgan fingerprint density at radius 1 is 1.62 bits per heavy atom. The van der Waals surface area contributed by atoms with Gasteiger partial charge in [0.25, 0.3) is 5.56 Å². The van der Waals surface area contributed by atoms with Gasteiger partial charge in [-0.25, -0.2) is 0 Å². The van der Waals surface area contributed by atoms with Crippen molar-refractivity contribution in [3.8, 4) is 0 Å². The van der Waals surface area contributed by atoms with E-state index in [1.54, 1.807) is 7.11 Å². The second-order valence-electron chi connectivity index (χ2n) is 2.59. The largest absolute Gasteiger partial charge is 0.380 e. The first-order valence-corrected chi connectivity index (χ1v) is 5.17. The molecule has 0 amide bonds. The average molecular weight is 242 g/mol. The summed E-state index contributed by atoms with van der Waals surface area (Å²) in [6.45, 7) is 2.35. The summed E-state index contributed by atoms with van der Waals surface area (Å²) in [6, 6.07) is 0. The topological polar surface area (TPSA) is 31.2 Å². The minimum atomic E-state index is -0.249. The molecule has 0 radical (unpaired) electrons. The molecule has 1 aromatic rings. The van der Waals surface area contributed by atoms with Crippen LogP contribution >= 0.6 is 34.7 Å². The summed E-state index contributed by atoms with van der Waals surface area (Å²) in [5.41, 5.74) is -0.249. The summed E-state index contributed by atoms with van der Waals surface area (Å²) in [7, 11) is 1.59. The van der Waals surface area contributed by atoms with Crippen LogP contribution < -0.4 is 5.56 Å². The summed E-state index contributed by atoms with van der Waals surface area (Å²) in [5.74, 6) is 0. The third kappa shape index (κ3) is 2.47. The number of halogens is 2. The molecule has 0 bridgehead atoms. The van der Waals surface area contributed by atoms with Crippen molar-refractivity contribution in [1.82, 2.24) is 3.96 Å². The van der Waals surface area contributed by atoms with Crippen LogP contribution in [0.3, 0.4) is 0 Å². The molecule has 0 aliphatic carbocycles. The molecule has 0 fully saturated rings. The van der Waals surface area contributed by atoms with Gasteiger partial charge in [0.1, 0.15) is 9.36 Å². The van der Waals surface area contributed by atoms with Crippen molar-refractivity contribution in [1.29, 1.82) is 0 Å². The molecule has 0 saturated carbocycles. The molecule has 1 atom stereocenters.